The molecule has 4 aliphatic rings. The van der Waals surface area contributed by atoms with Crippen LogP contribution in [-0.4, -0.2) is 65.9 Å². The van der Waals surface area contributed by atoms with Crippen LogP contribution in [0.25, 0.3) is 0 Å². The average molecular weight is 737 g/mol. The normalized spacial score (nSPS) is 31.6. The quantitative estimate of drug-likeness (QED) is 0.198. The van der Waals surface area contributed by atoms with E-state index in [0.29, 0.717) is 16.6 Å². The molecule has 2 aromatic rings. The van der Waals surface area contributed by atoms with E-state index >= 15 is 0 Å². The molecule has 1 aromatic heterocycles. The summed E-state index contributed by atoms with van der Waals surface area (Å²) in [6.45, 7) is 0. The lowest BCUT2D eigenvalue weighted by Crippen LogP contribution is -2.60. The van der Waals surface area contributed by atoms with Crippen LogP contribution in [0, 0.1) is 17.8 Å². The van der Waals surface area contributed by atoms with Gasteiger partial charge in [0, 0.05) is 18.5 Å². The number of carbonyl (C=O) groups excluding carboxylic acids is 4. The molecule has 3 fully saturated rings. The Kier molecular flexibility index (Phi) is 7.31. The van der Waals surface area contributed by atoms with Crippen molar-refractivity contribution in [3.8, 4) is 5.75 Å². The van der Waals surface area contributed by atoms with Crippen molar-refractivity contribution in [2.45, 2.75) is 34.7 Å². The molecule has 6 rings (SSSR count). The number of hydrazine groups is 1. The maximum atomic E-state index is 14.1. The van der Waals surface area contributed by atoms with Gasteiger partial charge >= 0.3 is 6.18 Å². The second-order valence-electron chi connectivity index (χ2n) is 11.1. The fraction of sp³-hybridized carbons (Fsp3) is 0.393. The van der Waals surface area contributed by atoms with E-state index < -0.39 is 74.7 Å². The Bertz CT molecular complexity index is 1680. The third kappa shape index (κ3) is 4.08. The van der Waals surface area contributed by atoms with Gasteiger partial charge in [0.25, 0.3) is 23.6 Å². The van der Waals surface area contributed by atoms with Gasteiger partial charge in [0.1, 0.15) is 11.4 Å². The third-order valence-electron chi connectivity index (χ3n) is 8.96. The molecule has 0 unspecified atom stereocenters. The predicted octanol–water partition coefficient (Wildman–Crippen LogP) is 5.22. The number of para-hydroxylation sites is 1. The molecule has 0 bridgehead atoms. The average Bonchev–Trinajstić information content (AvgIpc) is 3.30. The molecule has 0 radical (unpaired) electrons. The van der Waals surface area contributed by atoms with Crippen LogP contribution in [0.4, 0.5) is 19.0 Å². The van der Waals surface area contributed by atoms with E-state index in [-0.39, 0.29) is 34.6 Å². The van der Waals surface area contributed by atoms with E-state index in [1.807, 2.05) is 0 Å². The summed E-state index contributed by atoms with van der Waals surface area (Å²) >= 11 is 23.5. The molecule has 1 aromatic carbocycles. The van der Waals surface area contributed by atoms with E-state index in [4.69, 9.17) is 34.8 Å². The van der Waals surface area contributed by atoms with Gasteiger partial charge in [0.2, 0.25) is 0 Å². The Morgan fingerprint density at radius 3 is 2.39 bits per heavy atom. The molecule has 16 heteroatoms. The van der Waals surface area contributed by atoms with Crippen molar-refractivity contribution in [2.75, 3.05) is 17.5 Å². The maximum absolute atomic E-state index is 14.1. The van der Waals surface area contributed by atoms with Gasteiger partial charge in [-0.15, -0.1) is 23.2 Å². The van der Waals surface area contributed by atoms with Crippen LogP contribution in [0.15, 0.2) is 48.0 Å². The van der Waals surface area contributed by atoms with Gasteiger partial charge in [0.15, 0.2) is 15.6 Å². The van der Waals surface area contributed by atoms with E-state index in [0.717, 1.165) is 16.0 Å². The second kappa shape index (κ2) is 10.3. The Balaban J connectivity index is 1.46. The van der Waals surface area contributed by atoms with Crippen LogP contribution < -0.4 is 5.01 Å². The zero-order valence-electron chi connectivity index (χ0n) is 22.5. The number of allylic oxidation sites excluding steroid dienone is 2. The number of amides is 4. The molecule has 2 aliphatic carbocycles. The summed E-state index contributed by atoms with van der Waals surface area (Å²) in [7, 11) is 1.20. The number of carbonyl (C=O) groups is 4. The number of fused-ring (bicyclic) bond motifs is 4. The van der Waals surface area contributed by atoms with Gasteiger partial charge in [-0.2, -0.15) is 18.2 Å². The number of phenolic OH excluding ortho intramolecular Hbond substituents is 1. The minimum Gasteiger partial charge on any atom is -0.508 e. The van der Waals surface area contributed by atoms with Crippen LogP contribution in [0.3, 0.4) is 0 Å². The second-order valence-corrected chi connectivity index (χ2v) is 13.2. The largest absolute Gasteiger partial charge is 0.508 e. The van der Waals surface area contributed by atoms with E-state index in [9.17, 15) is 37.5 Å². The number of imide groups is 2. The first-order valence-electron chi connectivity index (χ1n) is 13.2. The van der Waals surface area contributed by atoms with Crippen LogP contribution >= 0.6 is 50.7 Å². The SMILES string of the molecule is CN(c1nc(C(F)(F)F)ccc1Cl)N1C(=O)[C@H]2[C@H](CC=C3[C@H]2C[C@@]2(Cl)C(=O)N(CBr)C(=O)[C@@]2(Cl)[C@H]3c2ccccc2O)C1=O. The predicted molar refractivity (Wildman–Crippen MR) is 156 cm³/mol. The molecule has 6 atom stereocenters. The first-order valence-corrected chi connectivity index (χ1v) is 15.5. The summed E-state index contributed by atoms with van der Waals surface area (Å²) in [5.41, 5.74) is -0.842. The molecular weight excluding hydrogens is 716 g/mol. The molecule has 1 N–H and O–H groups in total. The van der Waals surface area contributed by atoms with Crippen molar-refractivity contribution in [1.82, 2.24) is 14.9 Å². The molecule has 232 valence electrons. The Labute approximate surface area is 271 Å². The smallest absolute Gasteiger partial charge is 0.433 e. The molecule has 0 spiro atoms. The van der Waals surface area contributed by atoms with Crippen molar-refractivity contribution < 1.29 is 37.5 Å². The molecule has 2 aliphatic heterocycles. The van der Waals surface area contributed by atoms with Crippen molar-refractivity contribution in [3.63, 3.8) is 0 Å². The third-order valence-corrected chi connectivity index (χ3v) is 11.2. The minimum atomic E-state index is -4.82. The summed E-state index contributed by atoms with van der Waals surface area (Å²) in [6.07, 6.45) is -3.44. The van der Waals surface area contributed by atoms with Gasteiger partial charge in [-0.25, -0.2) is 4.98 Å². The summed E-state index contributed by atoms with van der Waals surface area (Å²) in [5, 5.41) is 12.2. The number of rotatable bonds is 4. The van der Waals surface area contributed by atoms with Crippen LogP contribution in [0.5, 0.6) is 5.75 Å². The summed E-state index contributed by atoms with van der Waals surface area (Å²) < 4.78 is 40.3. The highest BCUT2D eigenvalue weighted by atomic mass is 79.9. The topological polar surface area (TPSA) is 111 Å². The molecule has 3 heterocycles. The summed E-state index contributed by atoms with van der Waals surface area (Å²) in [6, 6.07) is 7.74. The number of hydrogen-bond donors (Lipinski definition) is 1. The minimum absolute atomic E-state index is 0.00576. The highest BCUT2D eigenvalue weighted by molar-refractivity contribution is 9.09. The van der Waals surface area contributed by atoms with Crippen LogP contribution in [-0.2, 0) is 25.4 Å². The van der Waals surface area contributed by atoms with E-state index in [1.165, 1.54) is 19.2 Å². The van der Waals surface area contributed by atoms with Gasteiger partial charge in [-0.05, 0) is 37.0 Å². The number of benzene rings is 1. The summed E-state index contributed by atoms with van der Waals surface area (Å²) in [5.74, 6) is -7.95. The zero-order chi connectivity index (χ0) is 32.1. The van der Waals surface area contributed by atoms with Crippen LogP contribution in [0.1, 0.15) is 30.0 Å². The van der Waals surface area contributed by atoms with Gasteiger partial charge < -0.3 is 5.11 Å². The maximum Gasteiger partial charge on any atom is 0.433 e. The molecule has 4 amide bonds. The Morgan fingerprint density at radius 1 is 1.07 bits per heavy atom. The first-order chi connectivity index (χ1) is 20.6. The molecule has 1 saturated carbocycles. The van der Waals surface area contributed by atoms with Gasteiger partial charge in [-0.3, -0.25) is 29.1 Å². The van der Waals surface area contributed by atoms with Crippen molar-refractivity contribution in [2.24, 2.45) is 17.8 Å². The van der Waals surface area contributed by atoms with Gasteiger partial charge in [-0.1, -0.05) is 57.4 Å². The number of aromatic hydroxyl groups is 1. The number of hydrogen-bond acceptors (Lipinski definition) is 7. The Morgan fingerprint density at radius 2 is 1.75 bits per heavy atom. The van der Waals surface area contributed by atoms with Crippen LogP contribution in [0.2, 0.25) is 5.02 Å². The fourth-order valence-electron chi connectivity index (χ4n) is 7.02. The number of anilines is 1. The fourth-order valence-corrected chi connectivity index (χ4v) is 8.66. The number of nitrogens with zero attached hydrogens (tertiary/aromatic N) is 4. The van der Waals surface area contributed by atoms with Crippen molar-refractivity contribution in [1.29, 1.82) is 0 Å². The molecule has 9 nitrogen and oxygen atoms in total. The van der Waals surface area contributed by atoms with Crippen molar-refractivity contribution in [3.05, 3.63) is 64.3 Å². The first kappa shape index (κ1) is 31.1. The van der Waals surface area contributed by atoms with E-state index in [2.05, 4.69) is 20.9 Å². The monoisotopic (exact) mass is 734 g/mol. The lowest BCUT2D eigenvalue weighted by Gasteiger charge is -2.50. The molecular formula is C28H21BrCl3F3N4O5. The standard InChI is InChI=1S/C28H21BrCl3F3N4O5/c1-37(21-16(30)8-9-18(36-21)28(33,34)35)39-22(41)14-7-6-12-15(19(14)23(39)42)10-26(31)24(43)38(11-29)25(44)27(26,32)20(12)13-4-2-3-5-17(13)40/h2-6,8-9,14-15,19-20,40H,7,10-11H2,1H3/t14-,15+,19-,20+,26+,27-/m0/s1. The summed E-state index contributed by atoms with van der Waals surface area (Å²) in [4.78, 5) is 55.6. The zero-order valence-corrected chi connectivity index (χ0v) is 26.3. The highest BCUT2D eigenvalue weighted by Gasteiger charge is 2.76. The number of likely N-dealkylation sites (tertiary alicyclic amines) is 1. The number of aromatic nitrogens is 1. The number of halogens is 7. The van der Waals surface area contributed by atoms with E-state index in [1.54, 1.807) is 18.2 Å². The number of alkyl halides is 6. The lowest BCUT2D eigenvalue weighted by atomic mass is 9.56. The lowest BCUT2D eigenvalue weighted by molar-refractivity contribution is -0.142. The highest BCUT2D eigenvalue weighted by Crippen LogP contribution is 2.66. The van der Waals surface area contributed by atoms with Gasteiger partial charge in [0.05, 0.1) is 22.3 Å². The Hall–Kier alpha value is -2.87. The number of phenols is 1. The molecule has 44 heavy (non-hydrogen) atoms. The van der Waals surface area contributed by atoms with Crippen molar-refractivity contribution >= 4 is 80.2 Å². The number of pyridine rings is 1. The molecule has 2 saturated heterocycles.